The second-order valence-corrected chi connectivity index (χ2v) is 3.86. The molecule has 100 valence electrons. The molecule has 0 radical (unpaired) electrons. The monoisotopic (exact) mass is 259 g/mol. The summed E-state index contributed by atoms with van der Waals surface area (Å²) in [4.78, 5) is 15.6. The van der Waals surface area contributed by atoms with Gasteiger partial charge in [0.15, 0.2) is 0 Å². The predicted molar refractivity (Wildman–Crippen MR) is 72.4 cm³/mol. The SMILES string of the molecule is CCOC(=O)C(C#N)CCN=C(N)c1ccccc1. The highest BCUT2D eigenvalue weighted by Gasteiger charge is 2.18. The molecule has 1 rings (SSSR count). The van der Waals surface area contributed by atoms with Crippen molar-refractivity contribution in [3.8, 4) is 6.07 Å². The second-order valence-electron chi connectivity index (χ2n) is 3.86. The van der Waals surface area contributed by atoms with E-state index in [-0.39, 0.29) is 6.61 Å². The van der Waals surface area contributed by atoms with E-state index in [0.717, 1.165) is 5.56 Å². The molecule has 5 heteroatoms. The van der Waals surface area contributed by atoms with E-state index < -0.39 is 11.9 Å². The van der Waals surface area contributed by atoms with E-state index in [0.29, 0.717) is 18.8 Å². The topological polar surface area (TPSA) is 88.5 Å². The van der Waals surface area contributed by atoms with Crippen LogP contribution in [0.25, 0.3) is 0 Å². The van der Waals surface area contributed by atoms with Crippen molar-refractivity contribution in [3.05, 3.63) is 35.9 Å². The van der Waals surface area contributed by atoms with Crippen molar-refractivity contribution < 1.29 is 9.53 Å². The number of carbonyl (C=O) groups excluding carboxylic acids is 1. The number of rotatable bonds is 6. The van der Waals surface area contributed by atoms with Crippen LogP contribution in [0.1, 0.15) is 18.9 Å². The highest BCUT2D eigenvalue weighted by Crippen LogP contribution is 2.05. The van der Waals surface area contributed by atoms with E-state index in [4.69, 9.17) is 15.7 Å². The first kappa shape index (κ1) is 14.7. The largest absolute Gasteiger partial charge is 0.465 e. The van der Waals surface area contributed by atoms with Crippen molar-refractivity contribution in [2.24, 2.45) is 16.6 Å². The average molecular weight is 259 g/mol. The molecule has 0 saturated carbocycles. The minimum atomic E-state index is -0.785. The Morgan fingerprint density at radius 2 is 2.16 bits per heavy atom. The first-order chi connectivity index (χ1) is 9.19. The van der Waals surface area contributed by atoms with Crippen LogP contribution in [0.2, 0.25) is 0 Å². The van der Waals surface area contributed by atoms with Gasteiger partial charge in [-0.3, -0.25) is 9.79 Å². The van der Waals surface area contributed by atoms with Gasteiger partial charge >= 0.3 is 5.97 Å². The molecule has 0 aliphatic rings. The third kappa shape index (κ3) is 4.80. The maximum Gasteiger partial charge on any atom is 0.323 e. The summed E-state index contributed by atoms with van der Waals surface area (Å²) in [7, 11) is 0. The summed E-state index contributed by atoms with van der Waals surface area (Å²) < 4.78 is 4.80. The zero-order valence-corrected chi connectivity index (χ0v) is 10.9. The lowest BCUT2D eigenvalue weighted by Gasteiger charge is -2.06. The Hall–Kier alpha value is -2.35. The smallest absolute Gasteiger partial charge is 0.323 e. The number of esters is 1. The number of amidine groups is 1. The van der Waals surface area contributed by atoms with Crippen LogP contribution in [-0.4, -0.2) is 25.0 Å². The molecule has 0 bridgehead atoms. The summed E-state index contributed by atoms with van der Waals surface area (Å²) in [5.41, 5.74) is 6.63. The Morgan fingerprint density at radius 3 is 2.74 bits per heavy atom. The van der Waals surface area contributed by atoms with Crippen molar-refractivity contribution in [3.63, 3.8) is 0 Å². The number of aliphatic imine (C=N–C) groups is 1. The van der Waals surface area contributed by atoms with Crippen LogP contribution >= 0.6 is 0 Å². The molecule has 0 aromatic heterocycles. The summed E-state index contributed by atoms with van der Waals surface area (Å²) in [5.74, 6) is -0.882. The van der Waals surface area contributed by atoms with Crippen LogP contribution in [0.15, 0.2) is 35.3 Å². The fraction of sp³-hybridized carbons (Fsp3) is 0.357. The van der Waals surface area contributed by atoms with E-state index in [9.17, 15) is 4.79 Å². The molecular formula is C14H17N3O2. The number of hydrogen-bond acceptors (Lipinski definition) is 4. The first-order valence-electron chi connectivity index (χ1n) is 6.10. The van der Waals surface area contributed by atoms with Crippen molar-refractivity contribution >= 4 is 11.8 Å². The molecule has 2 N–H and O–H groups in total. The van der Waals surface area contributed by atoms with Crippen LogP contribution in [0.4, 0.5) is 0 Å². The molecule has 0 spiro atoms. The molecule has 0 saturated heterocycles. The summed E-state index contributed by atoms with van der Waals surface area (Å²) in [6, 6.07) is 11.3. The number of nitriles is 1. The molecule has 0 heterocycles. The molecule has 1 aromatic carbocycles. The molecule has 0 amide bonds. The molecule has 1 atom stereocenters. The van der Waals surface area contributed by atoms with Gasteiger partial charge in [0, 0.05) is 12.1 Å². The summed E-state index contributed by atoms with van der Waals surface area (Å²) in [5, 5.41) is 8.87. The minimum absolute atomic E-state index is 0.270. The summed E-state index contributed by atoms with van der Waals surface area (Å²) in [6.07, 6.45) is 0.308. The Morgan fingerprint density at radius 1 is 1.47 bits per heavy atom. The van der Waals surface area contributed by atoms with Crippen LogP contribution in [0, 0.1) is 17.2 Å². The minimum Gasteiger partial charge on any atom is -0.465 e. The number of nitrogens with zero attached hydrogens (tertiary/aromatic N) is 2. The Kier molecular flexibility index (Phi) is 6.10. The molecule has 1 aromatic rings. The van der Waals surface area contributed by atoms with Crippen molar-refractivity contribution in [1.29, 1.82) is 5.26 Å². The maximum atomic E-state index is 11.4. The van der Waals surface area contributed by atoms with E-state index >= 15 is 0 Å². The third-order valence-electron chi connectivity index (χ3n) is 2.50. The lowest BCUT2D eigenvalue weighted by atomic mass is 10.1. The summed E-state index contributed by atoms with van der Waals surface area (Å²) >= 11 is 0. The Bertz CT molecular complexity index is 477. The van der Waals surface area contributed by atoms with E-state index in [1.165, 1.54) is 0 Å². The molecule has 0 fully saturated rings. The van der Waals surface area contributed by atoms with Gasteiger partial charge in [0.05, 0.1) is 12.7 Å². The van der Waals surface area contributed by atoms with Crippen LogP contribution in [0.3, 0.4) is 0 Å². The number of benzene rings is 1. The van der Waals surface area contributed by atoms with Gasteiger partial charge < -0.3 is 10.5 Å². The molecule has 0 aliphatic carbocycles. The quantitative estimate of drug-likeness (QED) is 0.476. The van der Waals surface area contributed by atoms with Gasteiger partial charge in [0.2, 0.25) is 0 Å². The second kappa shape index (κ2) is 7.88. The van der Waals surface area contributed by atoms with E-state index in [2.05, 4.69) is 4.99 Å². The molecule has 19 heavy (non-hydrogen) atoms. The third-order valence-corrected chi connectivity index (χ3v) is 2.50. The standard InChI is InChI=1S/C14H17N3O2/c1-2-19-14(18)12(10-15)8-9-17-13(16)11-6-4-3-5-7-11/h3-7,12H,2,8-9H2,1H3,(H2,16,17). The zero-order valence-electron chi connectivity index (χ0n) is 10.9. The van der Waals surface area contributed by atoms with Gasteiger partial charge in [0.1, 0.15) is 11.8 Å². The zero-order chi connectivity index (χ0) is 14.1. The number of ether oxygens (including phenoxy) is 1. The number of hydrogen-bond donors (Lipinski definition) is 1. The lowest BCUT2D eigenvalue weighted by Crippen LogP contribution is -2.18. The Balaban J connectivity index is 2.53. The van der Waals surface area contributed by atoms with Crippen molar-refractivity contribution in [2.75, 3.05) is 13.2 Å². The molecule has 0 aliphatic heterocycles. The van der Waals surface area contributed by atoms with Gasteiger partial charge in [-0.15, -0.1) is 0 Å². The predicted octanol–water partition coefficient (Wildman–Crippen LogP) is 1.48. The van der Waals surface area contributed by atoms with Crippen LogP contribution in [-0.2, 0) is 9.53 Å². The lowest BCUT2D eigenvalue weighted by molar-refractivity contribution is -0.146. The average Bonchev–Trinajstić information content (AvgIpc) is 2.44. The highest BCUT2D eigenvalue weighted by molar-refractivity contribution is 5.97. The van der Waals surface area contributed by atoms with Gasteiger partial charge in [-0.2, -0.15) is 5.26 Å². The van der Waals surface area contributed by atoms with Gasteiger partial charge in [-0.25, -0.2) is 0 Å². The van der Waals surface area contributed by atoms with Gasteiger partial charge in [-0.05, 0) is 13.3 Å². The van der Waals surface area contributed by atoms with Gasteiger partial charge in [0.25, 0.3) is 0 Å². The Labute approximate surface area is 112 Å². The van der Waals surface area contributed by atoms with Crippen LogP contribution < -0.4 is 5.73 Å². The molecule has 5 nitrogen and oxygen atoms in total. The normalized spacial score (nSPS) is 12.5. The fourth-order valence-corrected chi connectivity index (χ4v) is 1.49. The molecule has 1 unspecified atom stereocenters. The maximum absolute atomic E-state index is 11.4. The van der Waals surface area contributed by atoms with Crippen LogP contribution in [0.5, 0.6) is 0 Å². The number of nitrogens with two attached hydrogens (primary N) is 1. The first-order valence-corrected chi connectivity index (χ1v) is 6.10. The van der Waals surface area contributed by atoms with Gasteiger partial charge in [-0.1, -0.05) is 30.3 Å². The fourth-order valence-electron chi connectivity index (χ4n) is 1.49. The van der Waals surface area contributed by atoms with Crippen molar-refractivity contribution in [2.45, 2.75) is 13.3 Å². The van der Waals surface area contributed by atoms with E-state index in [1.54, 1.807) is 6.92 Å². The number of carbonyl (C=O) groups is 1. The highest BCUT2D eigenvalue weighted by atomic mass is 16.5. The van der Waals surface area contributed by atoms with Crippen molar-refractivity contribution in [1.82, 2.24) is 0 Å². The summed E-state index contributed by atoms with van der Waals surface area (Å²) in [6.45, 7) is 2.29. The molecular weight excluding hydrogens is 242 g/mol. The van der Waals surface area contributed by atoms with E-state index in [1.807, 2.05) is 36.4 Å².